The Morgan fingerprint density at radius 2 is 1.88 bits per heavy atom. The number of amides is 2. The van der Waals surface area contributed by atoms with Gasteiger partial charge >= 0.3 is 0 Å². The molecular formula is C25H28N6O2. The molecule has 4 N–H and O–H groups in total. The molecule has 0 spiro atoms. The Balaban J connectivity index is 1.53. The largest absolute Gasteiger partial charge is 0.369 e. The number of likely N-dealkylation sites (tertiary alicyclic amines) is 1. The number of nitrogens with zero attached hydrogens (tertiary/aromatic N) is 4. The van der Waals surface area contributed by atoms with E-state index in [2.05, 4.69) is 34.3 Å². The third-order valence-corrected chi connectivity index (χ3v) is 6.66. The number of piperidine rings is 1. The van der Waals surface area contributed by atoms with Gasteiger partial charge in [0.05, 0.1) is 22.6 Å². The van der Waals surface area contributed by atoms with Crippen molar-refractivity contribution in [2.75, 3.05) is 13.1 Å². The first-order valence-electron chi connectivity index (χ1n) is 11.3. The second-order valence-electron chi connectivity index (χ2n) is 8.84. The van der Waals surface area contributed by atoms with Crippen LogP contribution >= 0.6 is 0 Å². The van der Waals surface area contributed by atoms with Gasteiger partial charge in [-0.05, 0) is 43.7 Å². The van der Waals surface area contributed by atoms with Gasteiger partial charge in [0.25, 0.3) is 5.91 Å². The lowest BCUT2D eigenvalue weighted by atomic mass is 9.93. The number of fused-ring (bicyclic) bond motifs is 2. The topological polar surface area (TPSA) is 112 Å². The maximum Gasteiger partial charge on any atom is 0.254 e. The van der Waals surface area contributed by atoms with E-state index in [1.165, 1.54) is 10.9 Å². The molecule has 0 radical (unpaired) electrons. The van der Waals surface area contributed by atoms with Crippen molar-refractivity contribution in [3.63, 3.8) is 0 Å². The van der Waals surface area contributed by atoms with Gasteiger partial charge in [-0.15, -0.1) is 0 Å². The molecular weight excluding hydrogens is 416 g/mol. The molecule has 4 aromatic rings. The summed E-state index contributed by atoms with van der Waals surface area (Å²) in [5.41, 5.74) is 16.0. The molecule has 0 saturated carbocycles. The molecule has 5 rings (SSSR count). The van der Waals surface area contributed by atoms with Crippen LogP contribution in [-0.4, -0.2) is 50.0 Å². The molecule has 8 heteroatoms. The highest BCUT2D eigenvalue weighted by atomic mass is 16.2. The zero-order chi connectivity index (χ0) is 23.3. The summed E-state index contributed by atoms with van der Waals surface area (Å²) in [5, 5.41) is 1.17. The molecule has 1 aliphatic rings. The van der Waals surface area contributed by atoms with Crippen molar-refractivity contribution in [3.8, 4) is 11.5 Å². The summed E-state index contributed by atoms with van der Waals surface area (Å²) in [4.78, 5) is 31.4. The molecule has 0 unspecified atom stereocenters. The van der Waals surface area contributed by atoms with Gasteiger partial charge in [0, 0.05) is 49.2 Å². The first-order chi connectivity index (χ1) is 15.9. The van der Waals surface area contributed by atoms with E-state index >= 15 is 0 Å². The predicted molar refractivity (Wildman–Crippen MR) is 129 cm³/mol. The minimum Gasteiger partial charge on any atom is -0.369 e. The number of aromatic nitrogens is 3. The number of primary amides is 1. The van der Waals surface area contributed by atoms with Crippen LogP contribution < -0.4 is 11.5 Å². The van der Waals surface area contributed by atoms with Crippen LogP contribution in [0.3, 0.4) is 0 Å². The summed E-state index contributed by atoms with van der Waals surface area (Å²) in [6.45, 7) is 3.65. The van der Waals surface area contributed by atoms with Gasteiger partial charge in [0.15, 0.2) is 5.82 Å². The zero-order valence-electron chi connectivity index (χ0n) is 18.9. The van der Waals surface area contributed by atoms with Crippen molar-refractivity contribution in [1.29, 1.82) is 0 Å². The van der Waals surface area contributed by atoms with Gasteiger partial charge in [-0.1, -0.05) is 18.2 Å². The van der Waals surface area contributed by atoms with Gasteiger partial charge in [-0.2, -0.15) is 0 Å². The highest BCUT2D eigenvalue weighted by Crippen LogP contribution is 2.30. The van der Waals surface area contributed by atoms with Crippen LogP contribution in [0.2, 0.25) is 0 Å². The molecule has 2 aromatic heterocycles. The lowest BCUT2D eigenvalue weighted by Crippen LogP contribution is -2.52. The highest BCUT2D eigenvalue weighted by Gasteiger charge is 2.31. The molecule has 1 aliphatic heterocycles. The summed E-state index contributed by atoms with van der Waals surface area (Å²) < 4.78 is 4.31. The van der Waals surface area contributed by atoms with E-state index < -0.39 is 11.8 Å². The second kappa shape index (κ2) is 8.04. The maximum absolute atomic E-state index is 13.2. The summed E-state index contributed by atoms with van der Waals surface area (Å²) >= 11 is 0. The second-order valence-corrected chi connectivity index (χ2v) is 8.84. The van der Waals surface area contributed by atoms with E-state index in [9.17, 15) is 9.59 Å². The fourth-order valence-corrected chi connectivity index (χ4v) is 4.99. The van der Waals surface area contributed by atoms with Crippen LogP contribution in [0, 0.1) is 5.92 Å². The zero-order valence-corrected chi connectivity index (χ0v) is 18.9. The standard InChI is InChI=1S/C25H28N6O2/c1-3-31-20-7-5-4-6-15(20)12-22(31)24-28-19-11-16(8-9-21(19)29(24)2)25(33)30-13-17(23(27)32)10-18(26)14-30/h4-9,11-12,17-18H,3,10,13-14,26H2,1-2H3,(H2,27,32)/t17-,18+/m0/s1. The Bertz CT molecular complexity index is 1380. The van der Waals surface area contributed by atoms with E-state index in [0.29, 0.717) is 25.1 Å². The fraction of sp³-hybridized carbons (Fsp3) is 0.320. The maximum atomic E-state index is 13.2. The molecule has 1 saturated heterocycles. The minimum atomic E-state index is -0.418. The van der Waals surface area contributed by atoms with Gasteiger partial charge in [0.2, 0.25) is 5.91 Å². The lowest BCUT2D eigenvalue weighted by molar-refractivity contribution is -0.123. The molecule has 2 amide bonds. The summed E-state index contributed by atoms with van der Waals surface area (Å²) in [7, 11) is 1.99. The third-order valence-electron chi connectivity index (χ3n) is 6.66. The van der Waals surface area contributed by atoms with Crippen LogP contribution in [-0.2, 0) is 18.4 Å². The fourth-order valence-electron chi connectivity index (χ4n) is 4.99. The molecule has 170 valence electrons. The Kier molecular flexibility index (Phi) is 5.17. The molecule has 0 aliphatic carbocycles. The van der Waals surface area contributed by atoms with E-state index in [4.69, 9.17) is 16.5 Å². The van der Waals surface area contributed by atoms with Gasteiger partial charge < -0.3 is 25.5 Å². The van der Waals surface area contributed by atoms with Crippen LogP contribution in [0.5, 0.6) is 0 Å². The summed E-state index contributed by atoms with van der Waals surface area (Å²) in [5.74, 6) is -0.146. The van der Waals surface area contributed by atoms with Gasteiger partial charge in [0.1, 0.15) is 0 Å². The summed E-state index contributed by atoms with van der Waals surface area (Å²) in [6, 6.07) is 15.7. The van der Waals surface area contributed by atoms with Crippen LogP contribution in [0.1, 0.15) is 23.7 Å². The first kappa shape index (κ1) is 21.2. The third kappa shape index (κ3) is 3.56. The monoisotopic (exact) mass is 444 g/mol. The Labute approximate surface area is 191 Å². The average molecular weight is 445 g/mol. The molecule has 8 nitrogen and oxygen atoms in total. The SMILES string of the molecule is CCn1c(-c2nc3cc(C(=O)N4C[C@H](N)C[C@H](C(N)=O)C4)ccc3n2C)cc2ccccc21. The summed E-state index contributed by atoms with van der Waals surface area (Å²) in [6.07, 6.45) is 0.507. The van der Waals surface area contributed by atoms with Crippen LogP contribution in [0.25, 0.3) is 33.5 Å². The van der Waals surface area contributed by atoms with Crippen molar-refractivity contribution in [2.24, 2.45) is 24.4 Å². The number of rotatable bonds is 4. The number of benzene rings is 2. The molecule has 0 bridgehead atoms. The normalized spacial score (nSPS) is 18.8. The number of hydrogen-bond donors (Lipinski definition) is 2. The van der Waals surface area contributed by atoms with Crippen molar-refractivity contribution in [2.45, 2.75) is 25.9 Å². The quantitative estimate of drug-likeness (QED) is 0.504. The Hall–Kier alpha value is -3.65. The molecule has 2 atom stereocenters. The minimum absolute atomic E-state index is 0.159. The van der Waals surface area contributed by atoms with E-state index in [0.717, 1.165) is 29.1 Å². The average Bonchev–Trinajstić information content (AvgIpc) is 3.34. The number of carbonyl (C=O) groups is 2. The van der Waals surface area contributed by atoms with Crippen molar-refractivity contribution in [3.05, 3.63) is 54.1 Å². The Morgan fingerprint density at radius 3 is 2.64 bits per heavy atom. The lowest BCUT2D eigenvalue weighted by Gasteiger charge is -2.35. The van der Waals surface area contributed by atoms with Crippen LogP contribution in [0.15, 0.2) is 48.5 Å². The van der Waals surface area contributed by atoms with E-state index in [1.54, 1.807) is 4.90 Å². The van der Waals surface area contributed by atoms with Gasteiger partial charge in [-0.3, -0.25) is 9.59 Å². The number of para-hydroxylation sites is 1. The van der Waals surface area contributed by atoms with Crippen molar-refractivity contribution in [1.82, 2.24) is 19.0 Å². The highest BCUT2D eigenvalue weighted by molar-refractivity contribution is 5.98. The molecule has 2 aromatic carbocycles. The Morgan fingerprint density at radius 1 is 1.09 bits per heavy atom. The van der Waals surface area contributed by atoms with E-state index in [1.807, 2.05) is 37.4 Å². The predicted octanol–water partition coefficient (Wildman–Crippen LogP) is 2.49. The smallest absolute Gasteiger partial charge is 0.254 e. The number of hydrogen-bond acceptors (Lipinski definition) is 4. The van der Waals surface area contributed by atoms with Crippen LogP contribution in [0.4, 0.5) is 0 Å². The van der Waals surface area contributed by atoms with E-state index in [-0.39, 0.29) is 11.9 Å². The number of aryl methyl sites for hydroxylation is 2. The molecule has 33 heavy (non-hydrogen) atoms. The molecule has 3 heterocycles. The first-order valence-corrected chi connectivity index (χ1v) is 11.3. The molecule has 1 fully saturated rings. The number of imidazole rings is 1. The van der Waals surface area contributed by atoms with Crippen molar-refractivity contribution >= 4 is 33.8 Å². The number of carbonyl (C=O) groups excluding carboxylic acids is 2. The number of nitrogens with two attached hydrogens (primary N) is 2. The van der Waals surface area contributed by atoms with Crippen molar-refractivity contribution < 1.29 is 9.59 Å². The van der Waals surface area contributed by atoms with Gasteiger partial charge in [-0.25, -0.2) is 4.98 Å².